The number of carbonyl (C=O) groups is 2. The number of amides is 1. The summed E-state index contributed by atoms with van der Waals surface area (Å²) in [6, 6.07) is 7.22. The van der Waals surface area contributed by atoms with Gasteiger partial charge in [0.05, 0.1) is 16.1 Å². The number of hydrogen-bond acceptors (Lipinski definition) is 3. The molecule has 0 unspecified atom stereocenters. The summed E-state index contributed by atoms with van der Waals surface area (Å²) in [6.07, 6.45) is -4.25. The quantitative estimate of drug-likeness (QED) is 0.408. The van der Waals surface area contributed by atoms with Crippen molar-refractivity contribution in [3.05, 3.63) is 68.3 Å². The van der Waals surface area contributed by atoms with E-state index >= 15 is 0 Å². The molecule has 11 heteroatoms. The van der Waals surface area contributed by atoms with Crippen molar-refractivity contribution in [1.29, 1.82) is 0 Å². The molecule has 0 atom stereocenters. The Hall–Kier alpha value is -2.75. The number of fused-ring (bicyclic) bond motifs is 1. The standard InChI is InChI=1S/C27H28Cl2F3N3O3/c1-15-11-16(27(30,31)32)12-22-19(15)13-17(33(22)4)14-20-21(28)6-5-18(23(20)29)24(36)34-7-9-35(10-8-34)26(2,3)25(37)38/h5-6,11-13H,7-10,14H2,1-4H3,(H,37,38). The lowest BCUT2D eigenvalue weighted by molar-refractivity contribution is -0.150. The van der Waals surface area contributed by atoms with Gasteiger partial charge in [0.2, 0.25) is 0 Å². The third-order valence-electron chi connectivity index (χ3n) is 7.45. The van der Waals surface area contributed by atoms with Gasteiger partial charge in [-0.15, -0.1) is 0 Å². The Balaban J connectivity index is 1.61. The smallest absolute Gasteiger partial charge is 0.416 e. The number of benzene rings is 2. The number of carboxylic acids is 1. The largest absolute Gasteiger partial charge is 0.480 e. The lowest BCUT2D eigenvalue weighted by atomic mass is 10.0. The molecule has 1 aliphatic heterocycles. The SMILES string of the molecule is Cc1cc(C(F)(F)F)cc2c1cc(Cc1c(Cl)ccc(C(=O)N3CCN(C(C)(C)C(=O)O)CC3)c1Cl)n2C. The molecule has 204 valence electrons. The van der Waals surface area contributed by atoms with Crippen LogP contribution >= 0.6 is 23.2 Å². The van der Waals surface area contributed by atoms with Crippen molar-refractivity contribution in [2.75, 3.05) is 26.2 Å². The first-order valence-corrected chi connectivity index (χ1v) is 12.8. The molecule has 0 bridgehead atoms. The number of aryl methyl sites for hydroxylation is 2. The van der Waals surface area contributed by atoms with Gasteiger partial charge in [0.1, 0.15) is 5.54 Å². The van der Waals surface area contributed by atoms with Gasteiger partial charge in [-0.1, -0.05) is 23.2 Å². The fourth-order valence-corrected chi connectivity index (χ4v) is 5.46. The van der Waals surface area contributed by atoms with E-state index in [0.717, 1.165) is 12.1 Å². The van der Waals surface area contributed by atoms with Crippen molar-refractivity contribution in [2.45, 2.75) is 38.9 Å². The van der Waals surface area contributed by atoms with Gasteiger partial charge in [0.15, 0.2) is 0 Å². The van der Waals surface area contributed by atoms with Crippen molar-refractivity contribution in [1.82, 2.24) is 14.4 Å². The molecule has 2 heterocycles. The van der Waals surface area contributed by atoms with Crippen LogP contribution in [0.2, 0.25) is 10.0 Å². The molecule has 1 saturated heterocycles. The number of halogens is 5. The molecular formula is C27H28Cl2F3N3O3. The molecule has 1 amide bonds. The molecule has 6 nitrogen and oxygen atoms in total. The van der Waals surface area contributed by atoms with Crippen LogP contribution in [0.5, 0.6) is 0 Å². The monoisotopic (exact) mass is 569 g/mol. The van der Waals surface area contributed by atoms with E-state index in [2.05, 4.69) is 0 Å². The molecule has 0 radical (unpaired) electrons. The molecule has 1 N–H and O–H groups in total. The fourth-order valence-electron chi connectivity index (χ4n) is 4.88. The summed E-state index contributed by atoms with van der Waals surface area (Å²) in [4.78, 5) is 28.4. The van der Waals surface area contributed by atoms with E-state index in [9.17, 15) is 27.9 Å². The average Bonchev–Trinajstić information content (AvgIpc) is 3.16. The molecule has 38 heavy (non-hydrogen) atoms. The number of hydrogen-bond donors (Lipinski definition) is 1. The predicted molar refractivity (Wildman–Crippen MR) is 141 cm³/mol. The minimum atomic E-state index is -4.46. The molecule has 1 fully saturated rings. The fraction of sp³-hybridized carbons (Fsp3) is 0.407. The summed E-state index contributed by atoms with van der Waals surface area (Å²) in [7, 11) is 1.69. The van der Waals surface area contributed by atoms with Crippen LogP contribution in [-0.4, -0.2) is 63.1 Å². The van der Waals surface area contributed by atoms with Crippen LogP contribution in [0, 0.1) is 6.92 Å². The number of rotatable bonds is 5. The van der Waals surface area contributed by atoms with E-state index in [-0.39, 0.29) is 22.9 Å². The maximum absolute atomic E-state index is 13.4. The maximum Gasteiger partial charge on any atom is 0.416 e. The maximum atomic E-state index is 13.4. The highest BCUT2D eigenvalue weighted by atomic mass is 35.5. The minimum Gasteiger partial charge on any atom is -0.480 e. The van der Waals surface area contributed by atoms with E-state index in [1.54, 1.807) is 49.4 Å². The minimum absolute atomic E-state index is 0.189. The first-order valence-electron chi connectivity index (χ1n) is 12.0. The highest BCUT2D eigenvalue weighted by Crippen LogP contribution is 2.36. The van der Waals surface area contributed by atoms with Crippen molar-refractivity contribution < 1.29 is 27.9 Å². The van der Waals surface area contributed by atoms with Crippen LogP contribution in [0.1, 0.15) is 46.6 Å². The van der Waals surface area contributed by atoms with Gasteiger partial charge in [-0.3, -0.25) is 14.5 Å². The predicted octanol–water partition coefficient (Wildman–Crippen LogP) is 6.02. The van der Waals surface area contributed by atoms with Crippen molar-refractivity contribution in [3.63, 3.8) is 0 Å². The number of piperazine rings is 1. The lowest BCUT2D eigenvalue weighted by Crippen LogP contribution is -2.58. The first-order chi connectivity index (χ1) is 17.6. The first kappa shape index (κ1) is 28.3. The molecule has 3 aromatic rings. The van der Waals surface area contributed by atoms with Gasteiger partial charge < -0.3 is 14.6 Å². The molecular weight excluding hydrogens is 542 g/mol. The summed E-state index contributed by atoms with van der Waals surface area (Å²) in [5.74, 6) is -1.22. The zero-order valence-electron chi connectivity index (χ0n) is 21.4. The number of nitrogens with zero attached hydrogens (tertiary/aromatic N) is 3. The van der Waals surface area contributed by atoms with Crippen LogP contribution < -0.4 is 0 Å². The second-order valence-corrected chi connectivity index (χ2v) is 10.9. The van der Waals surface area contributed by atoms with Gasteiger partial charge >= 0.3 is 12.1 Å². The van der Waals surface area contributed by atoms with Crippen LogP contribution in [0.25, 0.3) is 10.9 Å². The van der Waals surface area contributed by atoms with E-state index < -0.39 is 23.2 Å². The van der Waals surface area contributed by atoms with Gasteiger partial charge in [0, 0.05) is 61.3 Å². The van der Waals surface area contributed by atoms with Gasteiger partial charge in [0.25, 0.3) is 5.91 Å². The molecule has 2 aromatic carbocycles. The van der Waals surface area contributed by atoms with Crippen LogP contribution in [0.4, 0.5) is 13.2 Å². The zero-order valence-corrected chi connectivity index (χ0v) is 22.9. The summed E-state index contributed by atoms with van der Waals surface area (Å²) in [5.41, 5.74) is 0.650. The summed E-state index contributed by atoms with van der Waals surface area (Å²) < 4.78 is 41.8. The number of carbonyl (C=O) groups excluding carboxylic acids is 1. The Morgan fingerprint density at radius 3 is 2.24 bits per heavy atom. The van der Waals surface area contributed by atoms with Crippen LogP contribution in [-0.2, 0) is 24.4 Å². The van der Waals surface area contributed by atoms with Crippen LogP contribution in [0.15, 0.2) is 30.3 Å². The number of alkyl halides is 3. The van der Waals surface area contributed by atoms with Crippen molar-refractivity contribution >= 4 is 46.0 Å². The van der Waals surface area contributed by atoms with Crippen LogP contribution in [0.3, 0.4) is 0 Å². The Bertz CT molecular complexity index is 1420. The molecule has 0 spiro atoms. The molecule has 1 aliphatic rings. The van der Waals surface area contributed by atoms with E-state index in [1.807, 2.05) is 11.0 Å². The van der Waals surface area contributed by atoms with Gasteiger partial charge in [-0.25, -0.2) is 0 Å². The highest BCUT2D eigenvalue weighted by Gasteiger charge is 2.37. The van der Waals surface area contributed by atoms with Crippen molar-refractivity contribution in [3.8, 4) is 0 Å². The number of carboxylic acid groups (broad SMARTS) is 1. The van der Waals surface area contributed by atoms with Crippen molar-refractivity contribution in [2.24, 2.45) is 7.05 Å². The zero-order chi connectivity index (χ0) is 28.2. The Labute approximate surface area is 228 Å². The summed E-state index contributed by atoms with van der Waals surface area (Å²) >= 11 is 13.2. The van der Waals surface area contributed by atoms with E-state index in [4.69, 9.17) is 23.2 Å². The molecule has 0 saturated carbocycles. The second kappa shape index (κ2) is 10.1. The average molecular weight is 570 g/mol. The number of aromatic nitrogens is 1. The highest BCUT2D eigenvalue weighted by molar-refractivity contribution is 6.38. The van der Waals surface area contributed by atoms with E-state index in [0.29, 0.717) is 58.9 Å². The Morgan fingerprint density at radius 1 is 1.03 bits per heavy atom. The normalized spacial score (nSPS) is 15.3. The third kappa shape index (κ3) is 5.11. The summed E-state index contributed by atoms with van der Waals surface area (Å²) in [6.45, 7) is 6.39. The van der Waals surface area contributed by atoms with Gasteiger partial charge in [-0.05, 0) is 62.2 Å². The molecule has 0 aliphatic carbocycles. The number of aliphatic carboxylic acids is 1. The Kier molecular flexibility index (Phi) is 7.51. The van der Waals surface area contributed by atoms with Gasteiger partial charge in [-0.2, -0.15) is 13.2 Å². The summed E-state index contributed by atoms with van der Waals surface area (Å²) in [5, 5.41) is 10.7. The molecule has 4 rings (SSSR count). The Morgan fingerprint density at radius 2 is 1.66 bits per heavy atom. The molecule has 1 aromatic heterocycles. The second-order valence-electron chi connectivity index (χ2n) is 10.1. The lowest BCUT2D eigenvalue weighted by Gasteiger charge is -2.41. The van der Waals surface area contributed by atoms with E-state index in [1.165, 1.54) is 0 Å². The topological polar surface area (TPSA) is 65.8 Å². The third-order valence-corrected chi connectivity index (χ3v) is 8.24.